The molecule has 1 aromatic carbocycles. The summed E-state index contributed by atoms with van der Waals surface area (Å²) in [6.45, 7) is 4.78. The Morgan fingerprint density at radius 1 is 1.07 bits per heavy atom. The van der Waals surface area contributed by atoms with E-state index < -0.39 is 6.10 Å². The molecular weight excluding hydrogens is 351 g/mol. The van der Waals surface area contributed by atoms with Crippen molar-refractivity contribution in [3.05, 3.63) is 62.2 Å². The molecule has 1 unspecified atom stereocenters. The van der Waals surface area contributed by atoms with E-state index in [0.29, 0.717) is 49.7 Å². The van der Waals surface area contributed by atoms with E-state index in [-0.39, 0.29) is 17.1 Å². The summed E-state index contributed by atoms with van der Waals surface area (Å²) in [7, 11) is 3.12. The fourth-order valence-electron chi connectivity index (χ4n) is 3.35. The number of halogens is 1. The lowest BCUT2D eigenvalue weighted by Crippen LogP contribution is -2.47. The van der Waals surface area contributed by atoms with Gasteiger partial charge < -0.3 is 10.0 Å². The lowest BCUT2D eigenvalue weighted by Gasteiger charge is -2.36. The Morgan fingerprint density at radius 2 is 1.74 bits per heavy atom. The van der Waals surface area contributed by atoms with Gasteiger partial charge in [0.25, 0.3) is 5.56 Å². The maximum Gasteiger partial charge on any atom is 0.330 e. The van der Waals surface area contributed by atoms with Crippen LogP contribution in [0.25, 0.3) is 0 Å². The molecule has 2 heterocycles. The Hall–Kier alpha value is -2.45. The number of aliphatic hydroxyl groups excluding tert-OH is 1. The minimum atomic E-state index is -0.698. The number of piperazine rings is 1. The SMILES string of the molecule is CC(O)c1ccc(N2CCN(Cc3cc(=O)n(C)c(=O)n3C)CC2)c(F)c1. The van der Waals surface area contributed by atoms with E-state index in [9.17, 15) is 19.1 Å². The largest absolute Gasteiger partial charge is 0.389 e. The van der Waals surface area contributed by atoms with Crippen LogP contribution in [0.5, 0.6) is 0 Å². The van der Waals surface area contributed by atoms with Crippen LogP contribution in [0.2, 0.25) is 0 Å². The van der Waals surface area contributed by atoms with Gasteiger partial charge in [0, 0.05) is 58.6 Å². The van der Waals surface area contributed by atoms with Crippen molar-refractivity contribution in [2.24, 2.45) is 14.1 Å². The topological polar surface area (TPSA) is 70.7 Å². The van der Waals surface area contributed by atoms with Crippen LogP contribution in [-0.2, 0) is 20.6 Å². The molecule has 146 valence electrons. The van der Waals surface area contributed by atoms with Gasteiger partial charge in [-0.25, -0.2) is 9.18 Å². The lowest BCUT2D eigenvalue weighted by atomic mass is 10.1. The molecule has 0 bridgehead atoms. The van der Waals surface area contributed by atoms with Gasteiger partial charge in [0.05, 0.1) is 11.8 Å². The molecule has 1 aromatic heterocycles. The molecule has 8 heteroatoms. The highest BCUT2D eigenvalue weighted by Crippen LogP contribution is 2.24. The van der Waals surface area contributed by atoms with Gasteiger partial charge in [0.2, 0.25) is 0 Å². The van der Waals surface area contributed by atoms with E-state index in [1.807, 2.05) is 4.90 Å². The molecule has 1 atom stereocenters. The molecule has 0 amide bonds. The predicted octanol–water partition coefficient (Wildman–Crippen LogP) is 0.599. The van der Waals surface area contributed by atoms with E-state index >= 15 is 0 Å². The first-order valence-electron chi connectivity index (χ1n) is 8.98. The zero-order valence-corrected chi connectivity index (χ0v) is 15.9. The highest BCUT2D eigenvalue weighted by atomic mass is 19.1. The van der Waals surface area contributed by atoms with Crippen molar-refractivity contribution < 1.29 is 9.50 Å². The maximum atomic E-state index is 14.4. The van der Waals surface area contributed by atoms with Gasteiger partial charge in [-0.3, -0.25) is 18.8 Å². The zero-order chi connectivity index (χ0) is 19.7. The summed E-state index contributed by atoms with van der Waals surface area (Å²) < 4.78 is 16.9. The second-order valence-electron chi connectivity index (χ2n) is 7.02. The van der Waals surface area contributed by atoms with Crippen LogP contribution >= 0.6 is 0 Å². The van der Waals surface area contributed by atoms with Gasteiger partial charge in [-0.05, 0) is 24.6 Å². The van der Waals surface area contributed by atoms with Crippen LogP contribution < -0.4 is 16.1 Å². The highest BCUT2D eigenvalue weighted by Gasteiger charge is 2.21. The summed E-state index contributed by atoms with van der Waals surface area (Å²) in [5, 5.41) is 9.57. The summed E-state index contributed by atoms with van der Waals surface area (Å²) in [6, 6.07) is 6.31. The summed E-state index contributed by atoms with van der Waals surface area (Å²) in [5.41, 5.74) is 1.11. The van der Waals surface area contributed by atoms with Crippen molar-refractivity contribution in [1.29, 1.82) is 0 Å². The predicted molar refractivity (Wildman–Crippen MR) is 101 cm³/mol. The average molecular weight is 376 g/mol. The van der Waals surface area contributed by atoms with Gasteiger partial charge in [0.15, 0.2) is 0 Å². The van der Waals surface area contributed by atoms with Crippen molar-refractivity contribution in [1.82, 2.24) is 14.0 Å². The summed E-state index contributed by atoms with van der Waals surface area (Å²) in [5.74, 6) is -0.337. The third kappa shape index (κ3) is 3.96. The van der Waals surface area contributed by atoms with Gasteiger partial charge >= 0.3 is 5.69 Å². The first-order chi connectivity index (χ1) is 12.8. The fraction of sp³-hybridized carbons (Fsp3) is 0.474. The minimum Gasteiger partial charge on any atom is -0.389 e. The molecule has 0 spiro atoms. The number of hydrogen-bond donors (Lipinski definition) is 1. The van der Waals surface area contributed by atoms with Crippen LogP contribution in [0.4, 0.5) is 10.1 Å². The molecule has 0 aliphatic carbocycles. The van der Waals surface area contributed by atoms with Gasteiger partial charge in [0.1, 0.15) is 5.82 Å². The highest BCUT2D eigenvalue weighted by molar-refractivity contribution is 5.50. The van der Waals surface area contributed by atoms with E-state index in [1.54, 1.807) is 26.1 Å². The van der Waals surface area contributed by atoms with E-state index in [2.05, 4.69) is 4.90 Å². The third-order valence-electron chi connectivity index (χ3n) is 5.18. The van der Waals surface area contributed by atoms with E-state index in [1.165, 1.54) is 23.7 Å². The molecule has 1 aliphatic rings. The molecular formula is C19H25FN4O3. The number of hydrogen-bond acceptors (Lipinski definition) is 5. The number of aromatic nitrogens is 2. The number of rotatable bonds is 4. The zero-order valence-electron chi connectivity index (χ0n) is 15.9. The summed E-state index contributed by atoms with van der Waals surface area (Å²) in [6.07, 6.45) is -0.698. The normalized spacial score (nSPS) is 16.6. The smallest absolute Gasteiger partial charge is 0.330 e. The molecule has 1 aliphatic heterocycles. The Balaban J connectivity index is 1.68. The monoisotopic (exact) mass is 376 g/mol. The van der Waals surface area contributed by atoms with Crippen LogP contribution in [0.3, 0.4) is 0 Å². The van der Waals surface area contributed by atoms with Crippen molar-refractivity contribution in [2.45, 2.75) is 19.6 Å². The average Bonchev–Trinajstić information content (AvgIpc) is 2.65. The first kappa shape index (κ1) is 19.3. The van der Waals surface area contributed by atoms with Crippen LogP contribution in [0.1, 0.15) is 24.3 Å². The van der Waals surface area contributed by atoms with Crippen LogP contribution in [-0.4, -0.2) is 45.3 Å². The Bertz CT molecular complexity index is 943. The van der Waals surface area contributed by atoms with Gasteiger partial charge in [-0.15, -0.1) is 0 Å². The molecule has 0 saturated carbocycles. The second-order valence-corrected chi connectivity index (χ2v) is 7.02. The van der Waals surface area contributed by atoms with Gasteiger partial charge in [-0.1, -0.05) is 6.07 Å². The second kappa shape index (κ2) is 7.66. The van der Waals surface area contributed by atoms with Crippen molar-refractivity contribution in [3.63, 3.8) is 0 Å². The fourth-order valence-corrected chi connectivity index (χ4v) is 3.35. The first-order valence-corrected chi connectivity index (χ1v) is 8.98. The molecule has 1 fully saturated rings. The van der Waals surface area contributed by atoms with Crippen LogP contribution in [0, 0.1) is 5.82 Å². The lowest BCUT2D eigenvalue weighted by molar-refractivity contribution is 0.199. The molecule has 1 saturated heterocycles. The quantitative estimate of drug-likeness (QED) is 0.846. The van der Waals surface area contributed by atoms with Crippen molar-refractivity contribution in [3.8, 4) is 0 Å². The van der Waals surface area contributed by atoms with E-state index in [4.69, 9.17) is 0 Å². The standard InChI is InChI=1S/C19H25FN4O3/c1-13(25)14-4-5-17(16(20)10-14)24-8-6-23(7-9-24)12-15-11-18(26)22(3)19(27)21(15)2/h4-5,10-11,13,25H,6-9,12H2,1-3H3. The van der Waals surface area contributed by atoms with Crippen LogP contribution in [0.15, 0.2) is 33.9 Å². The molecule has 3 rings (SSSR count). The molecule has 2 aromatic rings. The number of benzene rings is 1. The van der Waals surface area contributed by atoms with Crippen molar-refractivity contribution >= 4 is 5.69 Å². The molecule has 0 radical (unpaired) electrons. The molecule has 1 N–H and O–H groups in total. The molecule has 27 heavy (non-hydrogen) atoms. The number of aliphatic hydroxyl groups is 1. The third-order valence-corrected chi connectivity index (χ3v) is 5.18. The molecule has 7 nitrogen and oxygen atoms in total. The number of anilines is 1. The van der Waals surface area contributed by atoms with E-state index in [0.717, 1.165) is 4.57 Å². The number of nitrogens with zero attached hydrogens (tertiary/aromatic N) is 4. The Labute approximate surface area is 156 Å². The Morgan fingerprint density at radius 3 is 2.33 bits per heavy atom. The van der Waals surface area contributed by atoms with Crippen molar-refractivity contribution in [2.75, 3.05) is 31.1 Å². The Kier molecular flexibility index (Phi) is 5.48. The minimum absolute atomic E-state index is 0.313. The summed E-state index contributed by atoms with van der Waals surface area (Å²) in [4.78, 5) is 28.0. The maximum absolute atomic E-state index is 14.4. The van der Waals surface area contributed by atoms with Gasteiger partial charge in [-0.2, -0.15) is 0 Å². The summed E-state index contributed by atoms with van der Waals surface area (Å²) >= 11 is 0.